The summed E-state index contributed by atoms with van der Waals surface area (Å²) < 4.78 is 0. The number of likely N-dealkylation sites (N-methyl/N-ethyl adjacent to an activating group) is 1. The van der Waals surface area contributed by atoms with E-state index in [1.54, 1.807) is 41.5 Å². The molecule has 7 atom stereocenters. The van der Waals surface area contributed by atoms with Gasteiger partial charge in [-0.25, -0.2) is 4.98 Å². The molecular formula is C42H59N5O7S. The summed E-state index contributed by atoms with van der Waals surface area (Å²) >= 11 is 1.15. The predicted molar refractivity (Wildman–Crippen MR) is 213 cm³/mol. The first-order chi connectivity index (χ1) is 26.2. The highest BCUT2D eigenvalue weighted by Gasteiger charge is 2.38. The quantitative estimate of drug-likeness (QED) is 0.101. The molecule has 2 heterocycles. The van der Waals surface area contributed by atoms with Crippen molar-refractivity contribution in [1.29, 1.82) is 0 Å². The van der Waals surface area contributed by atoms with Gasteiger partial charge in [0.25, 0.3) is 5.91 Å². The van der Waals surface area contributed by atoms with Crippen molar-refractivity contribution in [3.8, 4) is 5.75 Å². The number of phenolic OH excluding ortho intramolecular Hbond substituents is 1. The Morgan fingerprint density at radius 1 is 0.964 bits per heavy atom. The van der Waals surface area contributed by atoms with Crippen molar-refractivity contribution in [1.82, 2.24) is 25.4 Å². The van der Waals surface area contributed by atoms with E-state index in [4.69, 9.17) is 0 Å². The monoisotopic (exact) mass is 777 g/mol. The predicted octanol–water partition coefficient (Wildman–Crippen LogP) is 5.79. The Labute approximate surface area is 329 Å². The van der Waals surface area contributed by atoms with Gasteiger partial charge in [-0.3, -0.25) is 24.1 Å². The van der Waals surface area contributed by atoms with Crippen LogP contribution in [0.25, 0.3) is 0 Å². The molecule has 1 fully saturated rings. The van der Waals surface area contributed by atoms with Gasteiger partial charge in [0.1, 0.15) is 28.6 Å². The number of aliphatic hydroxyl groups excluding tert-OH is 1. The fourth-order valence-corrected chi connectivity index (χ4v) is 7.98. The van der Waals surface area contributed by atoms with Gasteiger partial charge in [-0.1, -0.05) is 89.9 Å². The molecule has 3 aromatic rings. The van der Waals surface area contributed by atoms with Crippen LogP contribution in [0.3, 0.4) is 0 Å². The molecule has 1 aromatic heterocycles. The van der Waals surface area contributed by atoms with Crippen LogP contribution in [0.1, 0.15) is 106 Å². The summed E-state index contributed by atoms with van der Waals surface area (Å²) in [6, 6.07) is 14.2. The van der Waals surface area contributed by atoms with Crippen LogP contribution in [0.2, 0.25) is 0 Å². The molecule has 300 valence electrons. The summed E-state index contributed by atoms with van der Waals surface area (Å²) in [5, 5.41) is 38.9. The number of aliphatic carboxylic acids is 1. The minimum absolute atomic E-state index is 0.0836. The maximum atomic E-state index is 14.8. The highest BCUT2D eigenvalue weighted by Crippen LogP contribution is 2.30. The molecule has 0 spiro atoms. The van der Waals surface area contributed by atoms with Crippen molar-refractivity contribution in [3.63, 3.8) is 0 Å². The Kier molecular flexibility index (Phi) is 16.2. The molecule has 0 saturated carbocycles. The van der Waals surface area contributed by atoms with E-state index in [-0.39, 0.29) is 60.5 Å². The van der Waals surface area contributed by atoms with Gasteiger partial charge < -0.3 is 30.9 Å². The lowest BCUT2D eigenvalue weighted by molar-refractivity contribution is -0.143. The van der Waals surface area contributed by atoms with E-state index in [9.17, 15) is 34.5 Å². The average Bonchev–Trinajstić information content (AvgIpc) is 3.67. The number of rotatable bonds is 19. The lowest BCUT2D eigenvalue weighted by Gasteiger charge is -2.40. The molecule has 12 nitrogen and oxygen atoms in total. The Bertz CT molecular complexity index is 1700. The summed E-state index contributed by atoms with van der Waals surface area (Å²) in [4.78, 5) is 62.0. The molecule has 5 N–H and O–H groups in total. The first kappa shape index (κ1) is 43.4. The Hall–Kier alpha value is -4.33. The van der Waals surface area contributed by atoms with Gasteiger partial charge in [-0.05, 0) is 74.4 Å². The minimum atomic E-state index is -1.10. The third-order valence-corrected chi connectivity index (χ3v) is 11.8. The molecular weight excluding hydrogens is 719 g/mol. The first-order valence-electron chi connectivity index (χ1n) is 19.5. The number of nitrogens with zero attached hydrogens (tertiary/aromatic N) is 3. The number of carbonyl (C=O) groups is 4. The lowest BCUT2D eigenvalue weighted by atomic mass is 9.91. The van der Waals surface area contributed by atoms with Gasteiger partial charge in [-0.2, -0.15) is 0 Å². The van der Waals surface area contributed by atoms with Gasteiger partial charge in [0.05, 0.1) is 12.0 Å². The molecule has 0 aliphatic carbocycles. The molecule has 13 heteroatoms. The van der Waals surface area contributed by atoms with Gasteiger partial charge >= 0.3 is 5.97 Å². The Morgan fingerprint density at radius 3 is 2.27 bits per heavy atom. The van der Waals surface area contributed by atoms with Crippen molar-refractivity contribution in [3.05, 3.63) is 81.8 Å². The van der Waals surface area contributed by atoms with Crippen molar-refractivity contribution in [2.45, 2.75) is 116 Å². The lowest BCUT2D eigenvalue weighted by Crippen LogP contribution is -2.58. The van der Waals surface area contributed by atoms with Gasteiger partial charge in [0, 0.05) is 30.4 Å². The number of phenols is 1. The molecule has 1 saturated heterocycles. The zero-order chi connectivity index (χ0) is 40.2. The van der Waals surface area contributed by atoms with E-state index in [1.165, 1.54) is 0 Å². The third-order valence-electron chi connectivity index (χ3n) is 10.8. The molecule has 1 aliphatic rings. The summed E-state index contributed by atoms with van der Waals surface area (Å²) in [5.41, 5.74) is 1.84. The van der Waals surface area contributed by atoms with Crippen LogP contribution in [-0.2, 0) is 27.3 Å². The van der Waals surface area contributed by atoms with E-state index in [0.29, 0.717) is 17.8 Å². The molecule has 3 amide bonds. The van der Waals surface area contributed by atoms with Gasteiger partial charge in [0.2, 0.25) is 11.8 Å². The van der Waals surface area contributed by atoms with E-state index in [1.807, 2.05) is 65.1 Å². The number of benzene rings is 2. The largest absolute Gasteiger partial charge is 0.508 e. The van der Waals surface area contributed by atoms with Gasteiger partial charge in [0.15, 0.2) is 0 Å². The molecule has 55 heavy (non-hydrogen) atoms. The number of nitrogens with one attached hydrogen (secondary N) is 2. The number of likely N-dealkylation sites (tertiary alicyclic amines) is 1. The maximum absolute atomic E-state index is 14.8. The van der Waals surface area contributed by atoms with Crippen LogP contribution in [0.5, 0.6) is 5.75 Å². The van der Waals surface area contributed by atoms with E-state index in [2.05, 4.69) is 20.5 Å². The maximum Gasteiger partial charge on any atom is 0.306 e. The molecule has 0 bridgehead atoms. The number of amides is 3. The van der Waals surface area contributed by atoms with Crippen molar-refractivity contribution in [2.75, 3.05) is 13.6 Å². The second-order valence-electron chi connectivity index (χ2n) is 15.5. The van der Waals surface area contributed by atoms with Crippen molar-refractivity contribution < 1.29 is 34.5 Å². The summed E-state index contributed by atoms with van der Waals surface area (Å²) in [5.74, 6) is -2.65. The molecule has 1 aliphatic heterocycles. The summed E-state index contributed by atoms with van der Waals surface area (Å²) in [7, 11) is 1.95. The van der Waals surface area contributed by atoms with E-state index >= 15 is 0 Å². The SMILES string of the molecule is CCC(C)C(NC(=O)C1CCCCN1C)C(=O)N(Cc1ccccc1)[C@H](C[C@@H](O)c1nc(C(=O)N[C@@H](Cc2ccc(O)cc2)C[C@H](C)C(=O)O)cs1)C(C)C. The first-order valence-corrected chi connectivity index (χ1v) is 20.4. The van der Waals surface area contributed by atoms with Crippen molar-refractivity contribution >= 4 is 35.0 Å². The van der Waals surface area contributed by atoms with Gasteiger partial charge in [-0.15, -0.1) is 11.3 Å². The average molecular weight is 778 g/mol. The zero-order valence-electron chi connectivity index (χ0n) is 33.0. The molecule has 4 rings (SSSR count). The topological polar surface area (TPSA) is 172 Å². The number of carboxylic acid groups (broad SMARTS) is 1. The second-order valence-corrected chi connectivity index (χ2v) is 16.4. The highest BCUT2D eigenvalue weighted by molar-refractivity contribution is 7.09. The number of aromatic nitrogens is 1. The number of aliphatic hydroxyl groups is 1. The van der Waals surface area contributed by atoms with Crippen LogP contribution in [0, 0.1) is 17.8 Å². The normalized spacial score (nSPS) is 18.1. The van der Waals surface area contributed by atoms with Crippen LogP contribution in [0.15, 0.2) is 60.0 Å². The van der Waals surface area contributed by atoms with E-state index in [0.717, 1.165) is 48.3 Å². The number of hydrogen-bond donors (Lipinski definition) is 5. The van der Waals surface area contributed by atoms with Crippen LogP contribution < -0.4 is 10.6 Å². The molecule has 3 unspecified atom stereocenters. The Balaban J connectivity index is 1.56. The van der Waals surface area contributed by atoms with Crippen LogP contribution in [0.4, 0.5) is 0 Å². The minimum Gasteiger partial charge on any atom is -0.508 e. The third kappa shape index (κ3) is 12.3. The number of hydrogen-bond acceptors (Lipinski definition) is 9. The van der Waals surface area contributed by atoms with Crippen LogP contribution in [-0.4, -0.2) is 91.6 Å². The second kappa shape index (κ2) is 20.5. The fourth-order valence-electron chi connectivity index (χ4n) is 7.19. The zero-order valence-corrected chi connectivity index (χ0v) is 33.8. The number of carboxylic acids is 1. The van der Waals surface area contributed by atoms with E-state index < -0.39 is 42.0 Å². The highest BCUT2D eigenvalue weighted by atomic mass is 32.1. The summed E-state index contributed by atoms with van der Waals surface area (Å²) in [6.07, 6.45) is 3.00. The Morgan fingerprint density at radius 2 is 1.65 bits per heavy atom. The van der Waals surface area contributed by atoms with Crippen molar-refractivity contribution in [2.24, 2.45) is 17.8 Å². The number of thiazole rings is 1. The number of piperidine rings is 1. The standard InChI is InChI=1S/C42H59N5O7S/c1-7-27(4)37(45-39(51)34-15-11-12-20-46(34)6)41(52)47(24-30-13-9-8-10-14-30)35(26(2)3)23-36(49)40-44-33(25-55-40)38(50)43-31(21-28(5)42(53)54)22-29-16-18-32(48)19-17-29/h8-10,13-14,16-19,25-28,31,34-37,48-49H,7,11-12,15,20-24H2,1-6H3,(H,43,50)(H,45,51)(H,53,54)/t27?,28-,31+,34?,35+,36+,37?/m0/s1. The number of carbonyl (C=O) groups excluding carboxylic acids is 3. The van der Waals surface area contributed by atoms with Crippen LogP contribution >= 0.6 is 11.3 Å². The fraction of sp³-hybridized carbons (Fsp3) is 0.548. The smallest absolute Gasteiger partial charge is 0.306 e. The summed E-state index contributed by atoms with van der Waals surface area (Å²) in [6.45, 7) is 10.7. The number of aromatic hydroxyl groups is 1. The molecule has 0 radical (unpaired) electrons. The molecule has 2 aromatic carbocycles.